The van der Waals surface area contributed by atoms with Crippen LogP contribution in [0, 0.1) is 29.1 Å². The van der Waals surface area contributed by atoms with Gasteiger partial charge in [-0.1, -0.05) is 0 Å². The number of hydrogen-bond acceptors (Lipinski definition) is 2. The smallest absolute Gasteiger partial charge is 0.0659 e. The predicted octanol–water partition coefficient (Wildman–Crippen LogP) is 1.31. The van der Waals surface area contributed by atoms with Gasteiger partial charge >= 0.3 is 0 Å². The largest absolute Gasteiger partial charge is 0.393 e. The lowest BCUT2D eigenvalue weighted by atomic mass is 9.85. The summed E-state index contributed by atoms with van der Waals surface area (Å²) in [7, 11) is 0. The number of aliphatic hydroxyl groups excluding tert-OH is 1. The summed E-state index contributed by atoms with van der Waals surface area (Å²) in [5.74, 6) is 1.20. The summed E-state index contributed by atoms with van der Waals surface area (Å²) in [6.07, 6.45) is 4.01. The summed E-state index contributed by atoms with van der Waals surface area (Å²) in [5, 5.41) is 18.3. The molecule has 2 nitrogen and oxygen atoms in total. The second-order valence-corrected chi connectivity index (χ2v) is 3.88. The van der Waals surface area contributed by atoms with Crippen LogP contribution in [-0.4, -0.2) is 11.2 Å². The van der Waals surface area contributed by atoms with Crippen molar-refractivity contribution >= 4 is 0 Å². The van der Waals surface area contributed by atoms with E-state index in [0.717, 1.165) is 31.6 Å². The van der Waals surface area contributed by atoms with Gasteiger partial charge in [0.05, 0.1) is 18.1 Å². The Morgan fingerprint density at radius 3 is 2.82 bits per heavy atom. The molecule has 2 rings (SSSR count). The van der Waals surface area contributed by atoms with Crippen LogP contribution in [0.5, 0.6) is 0 Å². The van der Waals surface area contributed by atoms with Crippen molar-refractivity contribution in [3.8, 4) is 6.07 Å². The molecule has 2 bridgehead atoms. The second-order valence-electron chi connectivity index (χ2n) is 3.88. The van der Waals surface area contributed by atoms with E-state index in [0.29, 0.717) is 5.92 Å². The molecule has 3 unspecified atom stereocenters. The van der Waals surface area contributed by atoms with Gasteiger partial charge in [-0.25, -0.2) is 0 Å². The van der Waals surface area contributed by atoms with Crippen LogP contribution in [0.2, 0.25) is 0 Å². The fourth-order valence-corrected chi connectivity index (χ4v) is 2.61. The van der Waals surface area contributed by atoms with Crippen molar-refractivity contribution in [1.82, 2.24) is 0 Å². The number of aliphatic hydroxyl groups is 1. The maximum Gasteiger partial charge on any atom is 0.0659 e. The molecule has 0 heterocycles. The Hall–Kier alpha value is -0.550. The molecule has 1 N–H and O–H groups in total. The molecular formula is C9H13NO. The Labute approximate surface area is 66.8 Å². The zero-order chi connectivity index (χ0) is 7.84. The van der Waals surface area contributed by atoms with Crippen molar-refractivity contribution in [1.29, 1.82) is 5.26 Å². The number of nitrogens with zero attached hydrogens (tertiary/aromatic N) is 1. The molecule has 2 saturated carbocycles. The molecule has 2 fully saturated rings. The molecule has 11 heavy (non-hydrogen) atoms. The van der Waals surface area contributed by atoms with E-state index in [4.69, 9.17) is 5.26 Å². The number of fused-ring (bicyclic) bond motifs is 2. The SMILES string of the molecule is N#C[C@H]1CC2CCC(O)C1C2. The zero-order valence-corrected chi connectivity index (χ0v) is 6.53. The van der Waals surface area contributed by atoms with Gasteiger partial charge in [0, 0.05) is 5.92 Å². The highest BCUT2D eigenvalue weighted by molar-refractivity contribution is 5.00. The summed E-state index contributed by atoms with van der Waals surface area (Å²) in [6.45, 7) is 0. The molecule has 0 aromatic heterocycles. The van der Waals surface area contributed by atoms with E-state index in [1.54, 1.807) is 0 Å². The molecular weight excluding hydrogens is 138 g/mol. The maximum absolute atomic E-state index is 9.55. The van der Waals surface area contributed by atoms with Crippen LogP contribution < -0.4 is 0 Å². The Morgan fingerprint density at radius 1 is 1.27 bits per heavy atom. The Kier molecular flexibility index (Phi) is 1.61. The highest BCUT2D eigenvalue weighted by atomic mass is 16.3. The van der Waals surface area contributed by atoms with Crippen molar-refractivity contribution in [2.75, 3.05) is 0 Å². The van der Waals surface area contributed by atoms with Gasteiger partial charge in [-0.3, -0.25) is 0 Å². The third-order valence-electron chi connectivity index (χ3n) is 3.24. The standard InChI is InChI=1S/C9H13NO/c10-5-7-3-6-1-2-9(11)8(7)4-6/h6-9,11H,1-4H2/t6?,7-,8?,9?/m1/s1. The molecule has 0 aromatic rings. The van der Waals surface area contributed by atoms with E-state index in [1.165, 1.54) is 0 Å². The summed E-state index contributed by atoms with van der Waals surface area (Å²) < 4.78 is 0. The van der Waals surface area contributed by atoms with Crippen molar-refractivity contribution in [2.45, 2.75) is 31.8 Å². The van der Waals surface area contributed by atoms with Gasteiger partial charge < -0.3 is 5.11 Å². The number of rotatable bonds is 0. The first-order valence-corrected chi connectivity index (χ1v) is 4.39. The molecule has 0 saturated heterocycles. The van der Waals surface area contributed by atoms with Crippen LogP contribution in [0.25, 0.3) is 0 Å². The van der Waals surface area contributed by atoms with Gasteiger partial charge in [-0.05, 0) is 31.6 Å². The normalized spacial score (nSPS) is 48.7. The minimum absolute atomic E-state index is 0.150. The van der Waals surface area contributed by atoms with Crippen LogP contribution in [0.4, 0.5) is 0 Å². The van der Waals surface area contributed by atoms with Gasteiger partial charge in [0.2, 0.25) is 0 Å². The molecule has 0 aromatic carbocycles. The van der Waals surface area contributed by atoms with E-state index in [1.807, 2.05) is 0 Å². The Bertz CT molecular complexity index is 196. The van der Waals surface area contributed by atoms with E-state index in [2.05, 4.69) is 6.07 Å². The van der Waals surface area contributed by atoms with Crippen LogP contribution in [0.15, 0.2) is 0 Å². The van der Waals surface area contributed by atoms with E-state index < -0.39 is 0 Å². The lowest BCUT2D eigenvalue weighted by molar-refractivity contribution is 0.0680. The lowest BCUT2D eigenvalue weighted by Gasteiger charge is -2.24. The predicted molar refractivity (Wildman–Crippen MR) is 40.6 cm³/mol. The third-order valence-corrected chi connectivity index (χ3v) is 3.24. The highest BCUT2D eigenvalue weighted by Gasteiger charge is 2.41. The molecule has 0 radical (unpaired) electrons. The zero-order valence-electron chi connectivity index (χ0n) is 6.53. The van der Waals surface area contributed by atoms with Gasteiger partial charge in [0.15, 0.2) is 0 Å². The minimum atomic E-state index is -0.182. The van der Waals surface area contributed by atoms with E-state index >= 15 is 0 Å². The van der Waals surface area contributed by atoms with Gasteiger partial charge in [0.1, 0.15) is 0 Å². The summed E-state index contributed by atoms with van der Waals surface area (Å²) >= 11 is 0. The van der Waals surface area contributed by atoms with Crippen LogP contribution in [-0.2, 0) is 0 Å². The minimum Gasteiger partial charge on any atom is -0.393 e. The highest BCUT2D eigenvalue weighted by Crippen LogP contribution is 2.45. The van der Waals surface area contributed by atoms with Crippen molar-refractivity contribution < 1.29 is 5.11 Å². The maximum atomic E-state index is 9.55. The first kappa shape index (κ1) is 7.12. The monoisotopic (exact) mass is 151 g/mol. The van der Waals surface area contributed by atoms with Crippen molar-refractivity contribution in [2.24, 2.45) is 17.8 Å². The second kappa shape index (κ2) is 2.49. The average molecular weight is 151 g/mol. The lowest BCUT2D eigenvalue weighted by Crippen LogP contribution is -2.25. The van der Waals surface area contributed by atoms with Gasteiger partial charge in [-0.2, -0.15) is 5.26 Å². The van der Waals surface area contributed by atoms with Crippen LogP contribution >= 0.6 is 0 Å². The van der Waals surface area contributed by atoms with Gasteiger partial charge in [0.25, 0.3) is 0 Å². The first-order valence-electron chi connectivity index (χ1n) is 4.39. The summed E-state index contributed by atoms with van der Waals surface area (Å²) in [5.41, 5.74) is 0. The fourth-order valence-electron chi connectivity index (χ4n) is 2.61. The first-order chi connectivity index (χ1) is 5.31. The third kappa shape index (κ3) is 1.04. The average Bonchev–Trinajstić information content (AvgIpc) is 2.37. The fraction of sp³-hybridized carbons (Fsp3) is 0.889. The Morgan fingerprint density at radius 2 is 2.09 bits per heavy atom. The van der Waals surface area contributed by atoms with E-state index in [-0.39, 0.29) is 12.0 Å². The molecule has 60 valence electrons. The number of nitriles is 1. The molecule has 2 aliphatic carbocycles. The summed E-state index contributed by atoms with van der Waals surface area (Å²) in [6, 6.07) is 2.31. The molecule has 0 aliphatic heterocycles. The molecule has 4 atom stereocenters. The van der Waals surface area contributed by atoms with Crippen LogP contribution in [0.3, 0.4) is 0 Å². The van der Waals surface area contributed by atoms with E-state index in [9.17, 15) is 5.11 Å². The molecule has 2 heteroatoms. The molecule has 0 spiro atoms. The number of hydrogen-bond donors (Lipinski definition) is 1. The molecule has 0 amide bonds. The Balaban J connectivity index is 2.14. The topological polar surface area (TPSA) is 44.0 Å². The van der Waals surface area contributed by atoms with Crippen molar-refractivity contribution in [3.05, 3.63) is 0 Å². The summed E-state index contributed by atoms with van der Waals surface area (Å²) in [4.78, 5) is 0. The quantitative estimate of drug-likeness (QED) is 0.567. The van der Waals surface area contributed by atoms with Crippen molar-refractivity contribution in [3.63, 3.8) is 0 Å². The van der Waals surface area contributed by atoms with Crippen LogP contribution in [0.1, 0.15) is 25.7 Å². The molecule has 2 aliphatic rings. The van der Waals surface area contributed by atoms with Gasteiger partial charge in [-0.15, -0.1) is 0 Å².